The molecule has 6 heteroatoms. The van der Waals surface area contributed by atoms with Crippen molar-refractivity contribution >= 4 is 23.4 Å². The van der Waals surface area contributed by atoms with E-state index in [0.29, 0.717) is 13.0 Å². The van der Waals surface area contributed by atoms with Crippen LogP contribution in [0.3, 0.4) is 0 Å². The summed E-state index contributed by atoms with van der Waals surface area (Å²) in [6, 6.07) is 13.0. The normalized spacial score (nSPS) is 18.6. The van der Waals surface area contributed by atoms with E-state index >= 15 is 0 Å². The zero-order valence-electron chi connectivity index (χ0n) is 15.2. The molecule has 142 valence electrons. The molecule has 0 radical (unpaired) electrons. The van der Waals surface area contributed by atoms with Crippen molar-refractivity contribution in [3.05, 3.63) is 65.0 Å². The molecule has 0 aromatic heterocycles. The summed E-state index contributed by atoms with van der Waals surface area (Å²) in [6.45, 7) is 3.16. The molecular weight excluding hydrogens is 361 g/mol. The van der Waals surface area contributed by atoms with Crippen LogP contribution in [0.1, 0.15) is 22.7 Å². The monoisotopic (exact) mass is 385 g/mol. The summed E-state index contributed by atoms with van der Waals surface area (Å²) in [4.78, 5) is 15.4. The van der Waals surface area contributed by atoms with Crippen LogP contribution in [0.2, 0.25) is 0 Å². The van der Waals surface area contributed by atoms with Gasteiger partial charge < -0.3 is 10.6 Å². The van der Waals surface area contributed by atoms with Crippen LogP contribution in [0.15, 0.2) is 42.5 Å². The van der Waals surface area contributed by atoms with Gasteiger partial charge in [0.05, 0.1) is 5.69 Å². The van der Waals surface area contributed by atoms with E-state index in [1.807, 2.05) is 48.2 Å². The summed E-state index contributed by atoms with van der Waals surface area (Å²) < 4.78 is 15.0. The lowest BCUT2D eigenvalue weighted by Crippen LogP contribution is -2.42. The highest BCUT2D eigenvalue weighted by Gasteiger charge is 2.29. The van der Waals surface area contributed by atoms with E-state index in [-0.39, 0.29) is 17.4 Å². The predicted molar refractivity (Wildman–Crippen MR) is 109 cm³/mol. The molecule has 2 N–H and O–H groups in total. The minimum Gasteiger partial charge on any atom is -0.322 e. The van der Waals surface area contributed by atoms with Crippen molar-refractivity contribution in [3.63, 3.8) is 0 Å². The number of benzene rings is 2. The maximum atomic E-state index is 15.0. The van der Waals surface area contributed by atoms with Crippen molar-refractivity contribution in [1.82, 2.24) is 10.2 Å². The summed E-state index contributed by atoms with van der Waals surface area (Å²) >= 11 is 1.91. The van der Waals surface area contributed by atoms with Crippen LogP contribution in [-0.2, 0) is 17.8 Å². The van der Waals surface area contributed by atoms with Gasteiger partial charge in [0.25, 0.3) is 0 Å². The molecule has 1 amide bonds. The molecule has 1 unspecified atom stereocenters. The minimum atomic E-state index is -0.399. The first kappa shape index (κ1) is 18.5. The molecule has 0 saturated carbocycles. The van der Waals surface area contributed by atoms with Gasteiger partial charge in [-0.15, -0.1) is 0 Å². The standard InChI is InChI=1S/C21H24FN3OS/c22-19-17-8-9-23-14-16(17)6-7-18(19)24-21(26)20(15-4-2-1-3-5-15)25-10-12-27-13-11-25/h1-7,20,23H,8-14H2,(H,24,26). The zero-order chi connectivity index (χ0) is 18.6. The SMILES string of the molecule is O=C(Nc1ccc2c(c1F)CCNC2)C(c1ccccc1)N1CCSCC1. The van der Waals surface area contributed by atoms with E-state index in [1.54, 1.807) is 6.07 Å². The molecule has 2 aliphatic heterocycles. The number of hydrogen-bond donors (Lipinski definition) is 2. The number of thioether (sulfide) groups is 1. The molecule has 2 aromatic carbocycles. The van der Waals surface area contributed by atoms with Gasteiger partial charge in [-0.3, -0.25) is 9.69 Å². The molecular formula is C21H24FN3OS. The van der Waals surface area contributed by atoms with Crippen LogP contribution in [0, 0.1) is 5.82 Å². The Hall–Kier alpha value is -1.89. The Balaban J connectivity index is 1.60. The molecule has 27 heavy (non-hydrogen) atoms. The molecule has 0 bridgehead atoms. The number of nitrogens with zero attached hydrogens (tertiary/aromatic N) is 1. The number of carbonyl (C=O) groups excluding carboxylic acids is 1. The van der Waals surface area contributed by atoms with Gasteiger partial charge in [-0.25, -0.2) is 4.39 Å². The van der Waals surface area contributed by atoms with Crippen molar-refractivity contribution in [3.8, 4) is 0 Å². The number of amides is 1. The Bertz CT molecular complexity index is 809. The molecule has 2 aliphatic rings. The first-order valence-electron chi connectivity index (χ1n) is 9.42. The maximum Gasteiger partial charge on any atom is 0.246 e. The third-order valence-corrected chi connectivity index (χ3v) is 6.18. The lowest BCUT2D eigenvalue weighted by atomic mass is 9.99. The first-order chi connectivity index (χ1) is 13.2. The Kier molecular flexibility index (Phi) is 5.76. The van der Waals surface area contributed by atoms with Crippen LogP contribution in [0.5, 0.6) is 0 Å². The highest BCUT2D eigenvalue weighted by Crippen LogP contribution is 2.28. The smallest absolute Gasteiger partial charge is 0.246 e. The Morgan fingerprint density at radius 3 is 2.70 bits per heavy atom. The van der Waals surface area contributed by atoms with Gasteiger partial charge in [-0.2, -0.15) is 11.8 Å². The molecule has 0 spiro atoms. The number of halogens is 1. The van der Waals surface area contributed by atoms with Crippen LogP contribution in [0.25, 0.3) is 0 Å². The third-order valence-electron chi connectivity index (χ3n) is 5.24. The van der Waals surface area contributed by atoms with Crippen LogP contribution in [0.4, 0.5) is 10.1 Å². The Morgan fingerprint density at radius 2 is 1.93 bits per heavy atom. The van der Waals surface area contributed by atoms with Gasteiger partial charge in [0, 0.05) is 31.1 Å². The van der Waals surface area contributed by atoms with E-state index in [4.69, 9.17) is 0 Å². The number of hydrogen-bond acceptors (Lipinski definition) is 4. The molecule has 1 atom stereocenters. The average Bonchev–Trinajstić information content (AvgIpc) is 2.72. The van der Waals surface area contributed by atoms with Crippen LogP contribution < -0.4 is 10.6 Å². The van der Waals surface area contributed by atoms with Gasteiger partial charge in [0.2, 0.25) is 5.91 Å². The molecule has 4 rings (SSSR count). The summed E-state index contributed by atoms with van der Waals surface area (Å²) in [7, 11) is 0. The lowest BCUT2D eigenvalue weighted by molar-refractivity contribution is -0.121. The second-order valence-corrected chi connectivity index (χ2v) is 8.17. The number of nitrogens with one attached hydrogen (secondary N) is 2. The molecule has 0 aliphatic carbocycles. The Labute approximate surface area is 163 Å². The van der Waals surface area contributed by atoms with Gasteiger partial charge in [-0.05, 0) is 35.7 Å². The summed E-state index contributed by atoms with van der Waals surface area (Å²) in [6.07, 6.45) is 0.649. The molecule has 4 nitrogen and oxygen atoms in total. The second kappa shape index (κ2) is 8.42. The van der Waals surface area contributed by atoms with Gasteiger partial charge in [-0.1, -0.05) is 36.4 Å². The summed E-state index contributed by atoms with van der Waals surface area (Å²) in [5.41, 5.74) is 2.93. The summed E-state index contributed by atoms with van der Waals surface area (Å²) in [5.74, 6) is 1.57. The number of anilines is 1. The van der Waals surface area contributed by atoms with E-state index in [0.717, 1.165) is 47.8 Å². The minimum absolute atomic E-state index is 0.166. The van der Waals surface area contributed by atoms with Crippen molar-refractivity contribution in [1.29, 1.82) is 0 Å². The third kappa shape index (κ3) is 4.03. The van der Waals surface area contributed by atoms with E-state index in [2.05, 4.69) is 15.5 Å². The fourth-order valence-corrected chi connectivity index (χ4v) is 4.76. The van der Waals surface area contributed by atoms with Gasteiger partial charge in [0.1, 0.15) is 11.9 Å². The fraction of sp³-hybridized carbons (Fsp3) is 0.381. The highest BCUT2D eigenvalue weighted by atomic mass is 32.2. The topological polar surface area (TPSA) is 44.4 Å². The van der Waals surface area contributed by atoms with Gasteiger partial charge in [0.15, 0.2) is 0 Å². The maximum absolute atomic E-state index is 15.0. The van der Waals surface area contributed by atoms with Gasteiger partial charge >= 0.3 is 0 Å². The van der Waals surface area contributed by atoms with Crippen LogP contribution >= 0.6 is 11.8 Å². The highest BCUT2D eigenvalue weighted by molar-refractivity contribution is 7.99. The average molecular weight is 386 g/mol. The van der Waals surface area contributed by atoms with Crippen molar-refractivity contribution < 1.29 is 9.18 Å². The quantitative estimate of drug-likeness (QED) is 0.848. The van der Waals surface area contributed by atoms with Crippen molar-refractivity contribution in [2.45, 2.75) is 19.0 Å². The molecule has 1 saturated heterocycles. The van der Waals surface area contributed by atoms with E-state index < -0.39 is 6.04 Å². The second-order valence-electron chi connectivity index (χ2n) is 6.94. The number of rotatable bonds is 4. The van der Waals surface area contributed by atoms with E-state index in [1.165, 1.54) is 0 Å². The molecule has 2 heterocycles. The van der Waals surface area contributed by atoms with Crippen molar-refractivity contribution in [2.75, 3.05) is 36.5 Å². The summed E-state index contributed by atoms with van der Waals surface area (Å²) in [5, 5.41) is 6.12. The first-order valence-corrected chi connectivity index (χ1v) is 10.6. The largest absolute Gasteiger partial charge is 0.322 e. The lowest BCUT2D eigenvalue weighted by Gasteiger charge is -2.33. The molecule has 1 fully saturated rings. The number of carbonyl (C=O) groups is 1. The predicted octanol–water partition coefficient (Wildman–Crippen LogP) is 3.20. The fourth-order valence-electron chi connectivity index (χ4n) is 3.83. The Morgan fingerprint density at radius 1 is 1.15 bits per heavy atom. The van der Waals surface area contributed by atoms with Crippen LogP contribution in [-0.4, -0.2) is 41.9 Å². The molecule has 2 aromatic rings. The van der Waals surface area contributed by atoms with Crippen molar-refractivity contribution in [2.24, 2.45) is 0 Å². The number of fused-ring (bicyclic) bond motifs is 1. The van der Waals surface area contributed by atoms with E-state index in [9.17, 15) is 9.18 Å². The zero-order valence-corrected chi connectivity index (χ0v) is 16.0.